The van der Waals surface area contributed by atoms with Crippen LogP contribution in [0, 0.1) is 25.2 Å². The number of benzene rings is 2. The molecule has 1 amide bonds. The number of aromatic nitrogens is 1. The van der Waals surface area contributed by atoms with E-state index in [4.69, 9.17) is 0 Å². The zero-order valence-electron chi connectivity index (χ0n) is 24.1. The molecule has 1 aromatic heterocycles. The third-order valence-electron chi connectivity index (χ3n) is 9.80. The molecule has 2 saturated heterocycles. The number of hydrogen-bond donors (Lipinski definition) is 1. The number of carbonyl (C=O) groups excluding carboxylic acids is 1. The average Bonchev–Trinajstić information content (AvgIpc) is 3.85. The highest BCUT2D eigenvalue weighted by Crippen LogP contribution is 2.51. The van der Waals surface area contributed by atoms with Crippen LogP contribution in [-0.2, 0) is 11.0 Å². The number of nitrogens with zero attached hydrogens (tertiary/aromatic N) is 5. The van der Waals surface area contributed by atoms with E-state index in [0.717, 1.165) is 48.6 Å². The van der Waals surface area contributed by atoms with Crippen LogP contribution in [0.25, 0.3) is 0 Å². The van der Waals surface area contributed by atoms with E-state index >= 15 is 0 Å². The van der Waals surface area contributed by atoms with Crippen LogP contribution < -0.4 is 0 Å². The van der Waals surface area contributed by atoms with Crippen LogP contribution in [0.2, 0.25) is 0 Å². The summed E-state index contributed by atoms with van der Waals surface area (Å²) < 4.78 is 0. The molecule has 2 aromatic carbocycles. The first-order valence-electron chi connectivity index (χ1n) is 14.8. The van der Waals surface area contributed by atoms with Crippen LogP contribution in [-0.4, -0.2) is 70.0 Å². The average molecular weight is 550 g/mol. The van der Waals surface area contributed by atoms with Gasteiger partial charge in [0.15, 0.2) is 0 Å². The van der Waals surface area contributed by atoms with Crippen molar-refractivity contribution in [3.05, 3.63) is 100 Å². The van der Waals surface area contributed by atoms with E-state index < -0.39 is 11.6 Å². The van der Waals surface area contributed by atoms with E-state index in [1.165, 1.54) is 18.4 Å². The molecule has 1 saturated carbocycles. The van der Waals surface area contributed by atoms with Crippen molar-refractivity contribution in [3.63, 3.8) is 0 Å². The maximum absolute atomic E-state index is 13.6. The molecule has 212 valence electrons. The lowest BCUT2D eigenvalue weighted by Gasteiger charge is -2.42. The molecule has 1 aliphatic carbocycles. The predicted octanol–water partition coefficient (Wildman–Crippen LogP) is 4.69. The molecule has 41 heavy (non-hydrogen) atoms. The molecule has 0 spiro atoms. The summed E-state index contributed by atoms with van der Waals surface area (Å²) in [5.74, 6) is -0.135. The van der Waals surface area contributed by atoms with Crippen molar-refractivity contribution in [1.29, 1.82) is 5.26 Å². The summed E-state index contributed by atoms with van der Waals surface area (Å²) in [6, 6.07) is 25.0. The summed E-state index contributed by atoms with van der Waals surface area (Å²) in [5.41, 5.74) is 4.80. The first kappa shape index (κ1) is 27.6. The van der Waals surface area contributed by atoms with Gasteiger partial charge in [0.1, 0.15) is 11.9 Å². The molecular formula is C34H39N5O2. The maximum Gasteiger partial charge on any atom is 0.272 e. The number of nitriles is 1. The van der Waals surface area contributed by atoms with E-state index in [-0.39, 0.29) is 11.4 Å². The smallest absolute Gasteiger partial charge is 0.272 e. The predicted molar refractivity (Wildman–Crippen MR) is 158 cm³/mol. The number of amides is 1. The van der Waals surface area contributed by atoms with Gasteiger partial charge in [0, 0.05) is 56.1 Å². The van der Waals surface area contributed by atoms with Gasteiger partial charge in [0.05, 0.1) is 11.5 Å². The Labute approximate surface area is 243 Å². The molecule has 2 aliphatic heterocycles. The van der Waals surface area contributed by atoms with Crippen molar-refractivity contribution in [1.82, 2.24) is 19.7 Å². The molecule has 6 rings (SSSR count). The Balaban J connectivity index is 1.14. The Morgan fingerprint density at radius 3 is 2.02 bits per heavy atom. The van der Waals surface area contributed by atoms with Crippen molar-refractivity contribution in [2.24, 2.45) is 0 Å². The van der Waals surface area contributed by atoms with Gasteiger partial charge in [-0.2, -0.15) is 5.26 Å². The van der Waals surface area contributed by atoms with Crippen molar-refractivity contribution in [3.8, 4) is 6.07 Å². The third kappa shape index (κ3) is 5.05. The van der Waals surface area contributed by atoms with Crippen molar-refractivity contribution in [2.45, 2.75) is 56.7 Å². The van der Waals surface area contributed by atoms with E-state index in [2.05, 4.69) is 51.2 Å². The Bertz CT molecular complexity index is 1430. The lowest BCUT2D eigenvalue weighted by molar-refractivity contribution is -0.0384. The van der Waals surface area contributed by atoms with Gasteiger partial charge in [-0.15, -0.1) is 0 Å². The molecule has 7 nitrogen and oxygen atoms in total. The second-order valence-corrected chi connectivity index (χ2v) is 12.0. The lowest BCUT2D eigenvalue weighted by Crippen LogP contribution is -2.51. The number of rotatable bonds is 6. The van der Waals surface area contributed by atoms with Gasteiger partial charge < -0.3 is 10.0 Å². The number of likely N-dealkylation sites (tertiary alicyclic amines) is 1. The van der Waals surface area contributed by atoms with Crippen molar-refractivity contribution in [2.75, 3.05) is 39.3 Å². The summed E-state index contributed by atoms with van der Waals surface area (Å²) >= 11 is 0. The van der Waals surface area contributed by atoms with Gasteiger partial charge in [-0.05, 0) is 62.3 Å². The number of piperazine rings is 1. The number of hydrogen-bond acceptors (Lipinski definition) is 6. The van der Waals surface area contributed by atoms with Crippen LogP contribution in [0.15, 0.2) is 66.7 Å². The Morgan fingerprint density at radius 2 is 1.46 bits per heavy atom. The zero-order valence-corrected chi connectivity index (χ0v) is 24.1. The minimum absolute atomic E-state index is 0.135. The summed E-state index contributed by atoms with van der Waals surface area (Å²) in [5, 5.41) is 21.6. The molecule has 1 atom stereocenters. The van der Waals surface area contributed by atoms with E-state index in [1.54, 1.807) is 6.07 Å². The molecule has 1 N–H and O–H groups in total. The minimum atomic E-state index is -0.789. The quantitative estimate of drug-likeness (QED) is 0.480. The van der Waals surface area contributed by atoms with Crippen LogP contribution in [0.4, 0.5) is 0 Å². The highest BCUT2D eigenvalue weighted by Gasteiger charge is 2.50. The van der Waals surface area contributed by atoms with Crippen LogP contribution in [0.3, 0.4) is 0 Å². The summed E-state index contributed by atoms with van der Waals surface area (Å²) in [4.78, 5) is 24.8. The summed E-state index contributed by atoms with van der Waals surface area (Å²) in [7, 11) is 0. The fourth-order valence-electron chi connectivity index (χ4n) is 6.86. The second kappa shape index (κ2) is 11.0. The number of aliphatic hydroxyl groups excluding tert-OH is 1. The first-order valence-corrected chi connectivity index (χ1v) is 14.8. The normalized spacial score (nSPS) is 21.2. The fourth-order valence-corrected chi connectivity index (χ4v) is 6.86. The van der Waals surface area contributed by atoms with Crippen molar-refractivity contribution >= 4 is 5.91 Å². The van der Waals surface area contributed by atoms with Crippen molar-refractivity contribution < 1.29 is 9.90 Å². The van der Waals surface area contributed by atoms with E-state index in [0.29, 0.717) is 31.6 Å². The van der Waals surface area contributed by atoms with Gasteiger partial charge in [-0.3, -0.25) is 14.6 Å². The maximum atomic E-state index is 13.6. The van der Waals surface area contributed by atoms with Gasteiger partial charge in [0.2, 0.25) is 0 Å². The number of aliphatic hydroxyl groups is 1. The molecule has 1 unspecified atom stereocenters. The minimum Gasteiger partial charge on any atom is -0.374 e. The highest BCUT2D eigenvalue weighted by atomic mass is 16.3. The Kier molecular flexibility index (Phi) is 7.41. The Morgan fingerprint density at radius 1 is 0.878 bits per heavy atom. The number of piperidine rings is 1. The van der Waals surface area contributed by atoms with Gasteiger partial charge in [-0.25, -0.2) is 4.98 Å². The van der Waals surface area contributed by atoms with Crippen LogP contribution in [0.1, 0.15) is 70.3 Å². The topological polar surface area (TPSA) is 83.7 Å². The van der Waals surface area contributed by atoms with Crippen LogP contribution >= 0.6 is 0 Å². The van der Waals surface area contributed by atoms with Gasteiger partial charge in [0.25, 0.3) is 5.91 Å². The fraction of sp³-hybridized carbons (Fsp3) is 0.441. The molecule has 3 aromatic rings. The van der Waals surface area contributed by atoms with Gasteiger partial charge in [-0.1, -0.05) is 60.7 Å². The third-order valence-corrected chi connectivity index (χ3v) is 9.80. The number of pyridine rings is 1. The highest BCUT2D eigenvalue weighted by molar-refractivity contribution is 5.92. The molecule has 3 heterocycles. The monoisotopic (exact) mass is 549 g/mol. The van der Waals surface area contributed by atoms with Gasteiger partial charge >= 0.3 is 0 Å². The Hall–Kier alpha value is -3.57. The molecule has 7 heteroatoms. The van der Waals surface area contributed by atoms with Crippen LogP contribution in [0.5, 0.6) is 0 Å². The zero-order chi connectivity index (χ0) is 28.6. The lowest BCUT2D eigenvalue weighted by atomic mass is 9.74. The summed E-state index contributed by atoms with van der Waals surface area (Å²) in [6.45, 7) is 8.21. The van der Waals surface area contributed by atoms with E-state index in [1.807, 2.05) is 49.1 Å². The molecule has 3 aliphatic rings. The number of carbonyl (C=O) groups is 1. The summed E-state index contributed by atoms with van der Waals surface area (Å²) in [6.07, 6.45) is 2.77. The molecular weight excluding hydrogens is 510 g/mol. The molecule has 0 radical (unpaired) electrons. The molecule has 0 bridgehead atoms. The first-order chi connectivity index (χ1) is 19.9. The standard InChI is InChI=1S/C34H39N5O2/c1-25-26(2)36-30(32(41)37-17-15-33(24-35,16-18-37)27-9-5-3-6-10-27)23-29(25)31(40)38-19-21-39(22-20-38)34(13-14-34)28-11-7-4-8-12-28/h3-12,23,31,40H,13-22H2,1-2H3. The van der Waals surface area contributed by atoms with E-state index in [9.17, 15) is 15.2 Å². The SMILES string of the molecule is Cc1nc(C(=O)N2CCC(C#N)(c3ccccc3)CC2)cc(C(O)N2CCN(C3(c4ccccc4)CC3)CC2)c1C. The number of aryl methyl sites for hydroxylation is 1. The second-order valence-electron chi connectivity index (χ2n) is 12.0. The molecule has 3 fully saturated rings. The largest absolute Gasteiger partial charge is 0.374 e.